The van der Waals surface area contributed by atoms with Gasteiger partial charge in [0.1, 0.15) is 18.0 Å². The molecule has 2 atom stereocenters. The molecule has 2 fully saturated rings. The number of hydrogen-bond donors (Lipinski definition) is 2. The first-order chi connectivity index (χ1) is 18.3. The molecule has 38 heavy (non-hydrogen) atoms. The molecule has 0 aromatic heterocycles. The van der Waals surface area contributed by atoms with Crippen LogP contribution in [0.25, 0.3) is 0 Å². The Labute approximate surface area is 221 Å². The number of fused-ring (bicyclic) bond motifs is 1. The van der Waals surface area contributed by atoms with Gasteiger partial charge in [0.25, 0.3) is 0 Å². The first-order valence-corrected chi connectivity index (χ1v) is 12.5. The highest BCUT2D eigenvalue weighted by Crippen LogP contribution is 2.27. The summed E-state index contributed by atoms with van der Waals surface area (Å²) in [6.45, 7) is 0.569. The molecule has 2 aliphatic rings. The number of carboxylic acid groups (broad SMARTS) is 1. The van der Waals surface area contributed by atoms with E-state index in [0.29, 0.717) is 18.7 Å². The Morgan fingerprint density at radius 3 is 2.42 bits per heavy atom. The number of urea groups is 1. The number of piperazine rings is 1. The summed E-state index contributed by atoms with van der Waals surface area (Å²) >= 11 is 0. The fraction of sp³-hybridized carbons (Fsp3) is 0.407. The van der Waals surface area contributed by atoms with Crippen LogP contribution in [0.1, 0.15) is 24.0 Å². The van der Waals surface area contributed by atoms with Crippen LogP contribution in [-0.4, -0.2) is 94.7 Å². The second-order valence-corrected chi connectivity index (χ2v) is 9.44. The van der Waals surface area contributed by atoms with Gasteiger partial charge in [0, 0.05) is 20.1 Å². The maximum atomic E-state index is 13.4. The first-order valence-electron chi connectivity index (χ1n) is 12.5. The van der Waals surface area contributed by atoms with Crippen molar-refractivity contribution >= 4 is 23.8 Å². The summed E-state index contributed by atoms with van der Waals surface area (Å²) < 4.78 is 5.17. The highest BCUT2D eigenvalue weighted by atomic mass is 16.5. The third kappa shape index (κ3) is 6.05. The summed E-state index contributed by atoms with van der Waals surface area (Å²) in [5, 5.41) is 15.3. The zero-order chi connectivity index (χ0) is 27.2. The van der Waals surface area contributed by atoms with Gasteiger partial charge >= 0.3 is 12.0 Å². The molecule has 0 spiro atoms. The minimum atomic E-state index is -1.18. The normalized spacial score (nSPS) is 19.8. The SMILES string of the molecule is COc1ccc(CNC(=O)N2C3CN(CCCc4ccccc4)C(=O)[C@H](CC(=O)O)N3C(=O)CN2C)cc1. The van der Waals surface area contributed by atoms with Crippen LogP contribution < -0.4 is 10.1 Å². The number of nitrogens with zero attached hydrogens (tertiary/aromatic N) is 4. The number of nitrogens with one attached hydrogen (secondary N) is 1. The quantitative estimate of drug-likeness (QED) is 0.511. The van der Waals surface area contributed by atoms with Crippen LogP contribution in [0.5, 0.6) is 5.75 Å². The van der Waals surface area contributed by atoms with Gasteiger partial charge < -0.3 is 25.0 Å². The zero-order valence-electron chi connectivity index (χ0n) is 21.6. The number of amides is 4. The molecule has 0 bridgehead atoms. The first kappa shape index (κ1) is 26.9. The smallest absolute Gasteiger partial charge is 0.334 e. The lowest BCUT2D eigenvalue weighted by atomic mass is 10.0. The second-order valence-electron chi connectivity index (χ2n) is 9.44. The van der Waals surface area contributed by atoms with Crippen molar-refractivity contribution in [1.29, 1.82) is 0 Å². The zero-order valence-corrected chi connectivity index (χ0v) is 21.6. The lowest BCUT2D eigenvalue weighted by Crippen LogP contribution is -2.76. The molecular formula is C27H33N5O6. The average molecular weight is 524 g/mol. The number of aryl methyl sites for hydroxylation is 1. The van der Waals surface area contributed by atoms with E-state index in [1.165, 1.54) is 14.9 Å². The van der Waals surface area contributed by atoms with Crippen LogP contribution in [0.4, 0.5) is 4.79 Å². The molecule has 2 saturated heterocycles. The summed E-state index contributed by atoms with van der Waals surface area (Å²) in [4.78, 5) is 54.3. The van der Waals surface area contributed by atoms with Crippen molar-refractivity contribution in [1.82, 2.24) is 25.1 Å². The number of benzene rings is 2. The average Bonchev–Trinajstić information content (AvgIpc) is 2.90. The van der Waals surface area contributed by atoms with E-state index in [1.54, 1.807) is 31.2 Å². The van der Waals surface area contributed by atoms with Crippen molar-refractivity contribution in [2.45, 2.75) is 38.0 Å². The fourth-order valence-electron chi connectivity index (χ4n) is 4.99. The number of rotatable bonds is 9. The maximum absolute atomic E-state index is 13.4. The Morgan fingerprint density at radius 2 is 1.76 bits per heavy atom. The number of carboxylic acids is 1. The van der Waals surface area contributed by atoms with Crippen LogP contribution in [0.15, 0.2) is 54.6 Å². The van der Waals surface area contributed by atoms with Gasteiger partial charge in [-0.15, -0.1) is 0 Å². The molecule has 0 saturated carbocycles. The van der Waals surface area contributed by atoms with Crippen LogP contribution in [0.3, 0.4) is 0 Å². The third-order valence-corrected chi connectivity index (χ3v) is 6.85. The summed E-state index contributed by atoms with van der Waals surface area (Å²) in [6.07, 6.45) is 0.0562. The molecule has 2 aromatic rings. The maximum Gasteiger partial charge on any atom is 0.334 e. The molecule has 0 aliphatic carbocycles. The molecule has 202 valence electrons. The molecular weight excluding hydrogens is 490 g/mol. The number of ether oxygens (including phenoxy) is 1. The Bertz CT molecular complexity index is 1160. The topological polar surface area (TPSA) is 123 Å². The number of likely N-dealkylation sites (N-methyl/N-ethyl adjacent to an activating group) is 1. The predicted molar refractivity (Wildman–Crippen MR) is 138 cm³/mol. The van der Waals surface area contributed by atoms with E-state index < -0.39 is 36.5 Å². The monoisotopic (exact) mass is 523 g/mol. The van der Waals surface area contributed by atoms with Crippen molar-refractivity contribution in [3.8, 4) is 5.75 Å². The Morgan fingerprint density at radius 1 is 1.05 bits per heavy atom. The minimum Gasteiger partial charge on any atom is -0.497 e. The Kier molecular flexibility index (Phi) is 8.47. The van der Waals surface area contributed by atoms with Crippen molar-refractivity contribution in [3.05, 3.63) is 65.7 Å². The number of aliphatic carboxylic acids is 1. The molecule has 4 amide bonds. The lowest BCUT2D eigenvalue weighted by molar-refractivity contribution is -0.188. The van der Waals surface area contributed by atoms with Gasteiger partial charge in [-0.05, 0) is 36.1 Å². The minimum absolute atomic E-state index is 0.0930. The Balaban J connectivity index is 1.51. The van der Waals surface area contributed by atoms with E-state index in [-0.39, 0.29) is 25.5 Å². The lowest BCUT2D eigenvalue weighted by Gasteiger charge is -2.54. The molecule has 11 heteroatoms. The van der Waals surface area contributed by atoms with Crippen LogP contribution in [0.2, 0.25) is 0 Å². The molecule has 11 nitrogen and oxygen atoms in total. The van der Waals surface area contributed by atoms with E-state index in [4.69, 9.17) is 4.74 Å². The summed E-state index contributed by atoms with van der Waals surface area (Å²) in [5.41, 5.74) is 1.99. The highest BCUT2D eigenvalue weighted by molar-refractivity contribution is 5.93. The summed E-state index contributed by atoms with van der Waals surface area (Å²) in [7, 11) is 3.21. The van der Waals surface area contributed by atoms with Crippen molar-refractivity contribution < 1.29 is 29.0 Å². The number of methoxy groups -OCH3 is 1. The van der Waals surface area contributed by atoms with Gasteiger partial charge in [-0.3, -0.25) is 14.4 Å². The second kappa shape index (κ2) is 12.0. The summed E-state index contributed by atoms with van der Waals surface area (Å²) in [6, 6.07) is 15.5. The highest BCUT2D eigenvalue weighted by Gasteiger charge is 2.51. The molecule has 2 aromatic carbocycles. The van der Waals surface area contributed by atoms with Gasteiger partial charge in [-0.25, -0.2) is 14.8 Å². The van der Waals surface area contributed by atoms with Gasteiger partial charge in [0.2, 0.25) is 11.8 Å². The van der Waals surface area contributed by atoms with E-state index in [0.717, 1.165) is 17.5 Å². The standard InChI is InChI=1S/C27H33N5O6/c1-29-18-24(33)31-22(15-25(34)35)26(36)30(14-6-9-19-7-4-3-5-8-19)17-23(31)32(29)27(37)28-16-20-10-12-21(38-2)13-11-20/h3-5,7-8,10-13,22-23H,6,9,14-18H2,1-2H3,(H,28,37)(H,34,35)/t22-,23?/m0/s1. The molecule has 1 unspecified atom stereocenters. The van der Waals surface area contributed by atoms with Crippen molar-refractivity contribution in [2.75, 3.05) is 33.8 Å². The number of hydrogen-bond acceptors (Lipinski definition) is 6. The molecule has 2 aliphatic heterocycles. The third-order valence-electron chi connectivity index (χ3n) is 6.85. The van der Waals surface area contributed by atoms with Crippen LogP contribution in [-0.2, 0) is 27.3 Å². The van der Waals surface area contributed by atoms with E-state index in [1.807, 2.05) is 42.5 Å². The van der Waals surface area contributed by atoms with Gasteiger partial charge in [-0.1, -0.05) is 42.5 Å². The van der Waals surface area contributed by atoms with Gasteiger partial charge in [0.15, 0.2) is 0 Å². The van der Waals surface area contributed by atoms with Crippen LogP contribution >= 0.6 is 0 Å². The van der Waals surface area contributed by atoms with Gasteiger partial charge in [-0.2, -0.15) is 0 Å². The van der Waals surface area contributed by atoms with E-state index in [2.05, 4.69) is 5.32 Å². The molecule has 4 rings (SSSR count). The van der Waals surface area contributed by atoms with Crippen LogP contribution in [0, 0.1) is 0 Å². The number of hydrazine groups is 1. The molecule has 0 radical (unpaired) electrons. The molecule has 2 heterocycles. The predicted octanol–water partition coefficient (Wildman–Crippen LogP) is 1.54. The van der Waals surface area contributed by atoms with Crippen molar-refractivity contribution in [2.24, 2.45) is 0 Å². The van der Waals surface area contributed by atoms with Gasteiger partial charge in [0.05, 0.1) is 26.6 Å². The Hall–Kier alpha value is -4.12. The van der Waals surface area contributed by atoms with Crippen molar-refractivity contribution in [3.63, 3.8) is 0 Å². The van der Waals surface area contributed by atoms with E-state index in [9.17, 15) is 24.3 Å². The fourth-order valence-corrected chi connectivity index (χ4v) is 4.99. The molecule has 2 N–H and O–H groups in total. The number of carbonyl (C=O) groups excluding carboxylic acids is 3. The summed E-state index contributed by atoms with van der Waals surface area (Å²) in [5.74, 6) is -1.28. The number of carbonyl (C=O) groups is 4. The van der Waals surface area contributed by atoms with E-state index >= 15 is 0 Å². The largest absolute Gasteiger partial charge is 0.497 e.